The van der Waals surface area contributed by atoms with Crippen molar-refractivity contribution in [1.29, 1.82) is 0 Å². The second kappa shape index (κ2) is 26.9. The highest BCUT2D eigenvalue weighted by atomic mass is 32.2. The number of Topliss-reactive ketones (excluding diaryl/α,β-unsaturated/α-hetero) is 2. The largest absolute Gasteiger partial charge is 0.523 e. The normalized spacial score (nSPS) is 37.5. The number of fused-ring (bicyclic) bond motifs is 3. The van der Waals surface area contributed by atoms with Crippen LogP contribution in [-0.4, -0.2) is 146 Å². The van der Waals surface area contributed by atoms with Gasteiger partial charge in [0.25, 0.3) is 5.91 Å². The fraction of sp³-hybridized carbons (Fsp3) is 0.769. The Kier molecular flexibility index (Phi) is 22.9. The van der Waals surface area contributed by atoms with Gasteiger partial charge in [0, 0.05) is 58.5 Å². The average molecular weight is 1050 g/mol. The van der Waals surface area contributed by atoms with E-state index in [2.05, 4.69) is 4.18 Å². The van der Waals surface area contributed by atoms with E-state index in [-0.39, 0.29) is 68.3 Å². The third kappa shape index (κ3) is 15.8. The molecular weight excluding hydrogens is 968 g/mol. The standard InChI is InChI=1S/C52H80F3NO15S/c1-30-16-12-11-13-17-31(2)42(66-8)28-38-21-19-36(7)51(63,70-38)48(60)49(61)56-23-15-14-18-39(56)50(62)69-43(29-40(57)32(3)25-35(6)46(59)47(68-10)45(58)34(5)24-30)33(4)26-37-20-22-41(44(27-37)67-9)71-72(64,65)52(53,54)55/h11-13,16-17,25,30,33-39,41-44,46-48,59-60,63H,14-15,18-24,26-29H2,1-10H3/b13-11?,16-12?,31-17?,32-25+. The maximum atomic E-state index is 14.5. The molecule has 16 unspecified atom stereocenters. The van der Waals surface area contributed by atoms with E-state index >= 15 is 0 Å². The number of alkyl halides is 3. The summed E-state index contributed by atoms with van der Waals surface area (Å²) in [6, 6.07) is -1.23. The molecule has 3 heterocycles. The number of aliphatic hydroxyl groups is 3. The number of hydrogen-bond acceptors (Lipinski definition) is 15. The number of ether oxygens (including phenoxy) is 5. The summed E-state index contributed by atoms with van der Waals surface area (Å²) in [7, 11) is -1.79. The van der Waals surface area contributed by atoms with Gasteiger partial charge < -0.3 is 43.9 Å². The van der Waals surface area contributed by atoms with Crippen LogP contribution in [0.2, 0.25) is 0 Å². The van der Waals surface area contributed by atoms with E-state index in [1.807, 2.05) is 44.2 Å². The van der Waals surface area contributed by atoms with Crippen molar-refractivity contribution in [2.24, 2.45) is 35.5 Å². The summed E-state index contributed by atoms with van der Waals surface area (Å²) in [5.41, 5.74) is -4.58. The lowest BCUT2D eigenvalue weighted by Gasteiger charge is -2.46. The molecule has 4 rings (SSSR count). The van der Waals surface area contributed by atoms with E-state index < -0.39 is 118 Å². The number of carbonyl (C=O) groups is 4. The van der Waals surface area contributed by atoms with Crippen molar-refractivity contribution < 1.29 is 84.0 Å². The Labute approximate surface area is 423 Å². The predicted octanol–water partition coefficient (Wildman–Crippen LogP) is 6.85. The van der Waals surface area contributed by atoms with Gasteiger partial charge in [-0.1, -0.05) is 71.1 Å². The van der Waals surface area contributed by atoms with Gasteiger partial charge in [-0.05, 0) is 107 Å². The highest BCUT2D eigenvalue weighted by molar-refractivity contribution is 7.87. The molecule has 3 aliphatic heterocycles. The van der Waals surface area contributed by atoms with Crippen LogP contribution in [0.3, 0.4) is 0 Å². The van der Waals surface area contributed by atoms with E-state index in [0.29, 0.717) is 38.5 Å². The molecule has 2 saturated heterocycles. The van der Waals surface area contributed by atoms with Gasteiger partial charge in [-0.15, -0.1) is 0 Å². The number of allylic oxidation sites excluding steroid dienone is 6. The summed E-state index contributed by atoms with van der Waals surface area (Å²) in [5.74, 6) is -7.80. The molecule has 16 nitrogen and oxygen atoms in total. The Bertz CT molecular complexity index is 2080. The fourth-order valence-corrected chi connectivity index (χ4v) is 11.3. The molecular formula is C52H80F3NO15S. The molecule has 0 aromatic carbocycles. The van der Waals surface area contributed by atoms with Crippen LogP contribution in [0.1, 0.15) is 126 Å². The maximum absolute atomic E-state index is 14.5. The van der Waals surface area contributed by atoms with Gasteiger partial charge in [0.1, 0.15) is 24.4 Å². The number of amides is 1. The van der Waals surface area contributed by atoms with Crippen molar-refractivity contribution in [3.63, 3.8) is 0 Å². The lowest BCUT2D eigenvalue weighted by atomic mass is 9.78. The molecule has 2 bridgehead atoms. The van der Waals surface area contributed by atoms with Gasteiger partial charge in [0.2, 0.25) is 5.79 Å². The second-order valence-corrected chi connectivity index (χ2v) is 22.3. The number of halogens is 3. The molecule has 0 radical (unpaired) electrons. The Balaban J connectivity index is 1.70. The zero-order chi connectivity index (χ0) is 53.9. The molecule has 4 aliphatic rings. The fourth-order valence-electron chi connectivity index (χ4n) is 10.6. The van der Waals surface area contributed by atoms with Crippen molar-refractivity contribution in [3.05, 3.63) is 47.6 Å². The first-order valence-corrected chi connectivity index (χ1v) is 26.7. The van der Waals surface area contributed by atoms with Crippen LogP contribution in [0, 0.1) is 35.5 Å². The zero-order valence-corrected chi connectivity index (χ0v) is 44.4. The second-order valence-electron chi connectivity index (χ2n) is 20.7. The molecule has 0 spiro atoms. The first-order chi connectivity index (χ1) is 33.7. The summed E-state index contributed by atoms with van der Waals surface area (Å²) in [6.45, 7) is 12.2. The monoisotopic (exact) mass is 1050 g/mol. The van der Waals surface area contributed by atoms with Gasteiger partial charge in [-0.25, -0.2) is 4.79 Å². The summed E-state index contributed by atoms with van der Waals surface area (Å²) in [4.78, 5) is 58.0. The number of piperidine rings is 1. The number of aliphatic hydroxyl groups excluding tert-OH is 2. The highest BCUT2D eigenvalue weighted by Gasteiger charge is 2.53. The first kappa shape index (κ1) is 61.2. The maximum Gasteiger partial charge on any atom is 0.523 e. The van der Waals surface area contributed by atoms with Crippen LogP contribution in [0.25, 0.3) is 0 Å². The number of ketones is 2. The summed E-state index contributed by atoms with van der Waals surface area (Å²) < 4.78 is 97.3. The van der Waals surface area contributed by atoms with E-state index in [0.717, 1.165) is 5.57 Å². The van der Waals surface area contributed by atoms with Crippen molar-refractivity contribution in [3.8, 4) is 0 Å². The van der Waals surface area contributed by atoms with Crippen molar-refractivity contribution in [1.82, 2.24) is 4.90 Å². The summed E-state index contributed by atoms with van der Waals surface area (Å²) in [5, 5.41) is 35.3. The molecule has 20 heteroatoms. The number of hydrogen-bond donors (Lipinski definition) is 3. The lowest BCUT2D eigenvalue weighted by molar-refractivity contribution is -0.317. The van der Waals surface area contributed by atoms with Crippen LogP contribution < -0.4 is 0 Å². The molecule has 3 N–H and O–H groups in total. The Hall–Kier alpha value is -3.34. The van der Waals surface area contributed by atoms with Crippen molar-refractivity contribution in [2.75, 3.05) is 27.9 Å². The molecule has 1 saturated carbocycles. The van der Waals surface area contributed by atoms with Crippen molar-refractivity contribution in [2.45, 2.75) is 192 Å². The molecule has 16 atom stereocenters. The Morgan fingerprint density at radius 1 is 0.875 bits per heavy atom. The first-order valence-electron chi connectivity index (χ1n) is 25.3. The molecule has 1 amide bonds. The summed E-state index contributed by atoms with van der Waals surface area (Å²) in [6.07, 6.45) is 4.50. The van der Waals surface area contributed by atoms with E-state index in [9.17, 15) is 56.1 Å². The quantitative estimate of drug-likeness (QED) is 0.129. The third-order valence-corrected chi connectivity index (χ3v) is 16.2. The minimum atomic E-state index is -5.91. The zero-order valence-electron chi connectivity index (χ0n) is 43.5. The van der Waals surface area contributed by atoms with Crippen LogP contribution in [0.5, 0.6) is 0 Å². The van der Waals surface area contributed by atoms with E-state index in [1.165, 1.54) is 32.1 Å². The molecule has 410 valence electrons. The summed E-state index contributed by atoms with van der Waals surface area (Å²) >= 11 is 0. The minimum Gasteiger partial charge on any atom is -0.460 e. The van der Waals surface area contributed by atoms with Crippen LogP contribution in [-0.2, 0) is 57.2 Å². The number of methoxy groups -OCH3 is 3. The molecule has 1 aliphatic carbocycles. The molecule has 0 aromatic heterocycles. The number of cyclic esters (lactones) is 1. The van der Waals surface area contributed by atoms with Gasteiger partial charge >= 0.3 is 21.6 Å². The SMILES string of the molecule is COC1CC2CCC(C)C(O)(O2)C(O)C(=O)N2CCCCC2C(=O)OC(C(C)CC2CCC(OS(=O)(=O)C(F)(F)F)C(OC)C2)CC(=O)/C(C)=C/C(C)C(O)C(OC)C(=O)C(C)CC(C)C=CC=CC=C1C. The van der Waals surface area contributed by atoms with Crippen molar-refractivity contribution >= 4 is 33.6 Å². The Morgan fingerprint density at radius 2 is 1.57 bits per heavy atom. The minimum absolute atomic E-state index is 0.0298. The van der Waals surface area contributed by atoms with Gasteiger partial charge in [-0.3, -0.25) is 18.6 Å². The molecule has 0 aromatic rings. The smallest absolute Gasteiger partial charge is 0.460 e. The van der Waals surface area contributed by atoms with E-state index in [1.54, 1.807) is 34.8 Å². The third-order valence-electron chi connectivity index (χ3n) is 15.2. The topological polar surface area (TPSA) is 222 Å². The number of esters is 1. The predicted molar refractivity (Wildman–Crippen MR) is 260 cm³/mol. The number of carbonyl (C=O) groups excluding carboxylic acids is 4. The number of nitrogens with zero attached hydrogens (tertiary/aromatic N) is 1. The number of rotatable bonds is 8. The van der Waals surface area contributed by atoms with Crippen LogP contribution in [0.15, 0.2) is 47.6 Å². The molecule has 3 fully saturated rings. The highest BCUT2D eigenvalue weighted by Crippen LogP contribution is 2.40. The molecule has 72 heavy (non-hydrogen) atoms. The van der Waals surface area contributed by atoms with Gasteiger partial charge in [0.05, 0.1) is 24.4 Å². The van der Waals surface area contributed by atoms with Crippen LogP contribution in [0.4, 0.5) is 13.2 Å². The lowest BCUT2D eigenvalue weighted by Crippen LogP contribution is -2.63. The van der Waals surface area contributed by atoms with Gasteiger partial charge in [0.15, 0.2) is 17.7 Å². The van der Waals surface area contributed by atoms with Gasteiger partial charge in [-0.2, -0.15) is 21.6 Å². The average Bonchev–Trinajstić information content (AvgIpc) is 3.32. The van der Waals surface area contributed by atoms with Crippen LogP contribution >= 0.6 is 0 Å². The van der Waals surface area contributed by atoms with E-state index in [4.69, 9.17) is 23.7 Å². The Morgan fingerprint density at radius 3 is 2.21 bits per heavy atom.